The Balaban J connectivity index is 1.62. The van der Waals surface area contributed by atoms with Crippen molar-refractivity contribution >= 4 is 32.7 Å². The Morgan fingerprint density at radius 2 is 1.62 bits per heavy atom. The third-order valence-corrected chi connectivity index (χ3v) is 3.84. The topological polar surface area (TPSA) is 59.3 Å². The summed E-state index contributed by atoms with van der Waals surface area (Å²) in [6, 6.07) is 19.9. The van der Waals surface area contributed by atoms with Gasteiger partial charge in [0.2, 0.25) is 0 Å². The molecule has 0 aliphatic carbocycles. The molecule has 4 nitrogen and oxygen atoms in total. The minimum Gasteiger partial charge on any atom is -0.482 e. The molecule has 3 rings (SSSR count). The number of benzene rings is 3. The van der Waals surface area contributed by atoms with Crippen LogP contribution >= 0.6 is 15.9 Å². The summed E-state index contributed by atoms with van der Waals surface area (Å²) in [6.45, 7) is -0.204. The van der Waals surface area contributed by atoms with Crippen molar-refractivity contribution in [1.29, 1.82) is 5.26 Å². The molecule has 0 saturated heterocycles. The van der Waals surface area contributed by atoms with Crippen molar-refractivity contribution < 1.29 is 14.3 Å². The fourth-order valence-corrected chi connectivity index (χ4v) is 2.57. The Morgan fingerprint density at radius 3 is 2.38 bits per heavy atom. The molecule has 0 unspecified atom stereocenters. The van der Waals surface area contributed by atoms with Crippen LogP contribution in [0.15, 0.2) is 65.1 Å². The van der Waals surface area contributed by atoms with Gasteiger partial charge in [0.15, 0.2) is 6.61 Å². The van der Waals surface area contributed by atoms with Crippen LogP contribution in [0, 0.1) is 11.3 Å². The number of fused-ring (bicyclic) bond motifs is 1. The molecule has 0 saturated carbocycles. The average molecular weight is 382 g/mol. The molecule has 0 amide bonds. The highest BCUT2D eigenvalue weighted by molar-refractivity contribution is 9.10. The first kappa shape index (κ1) is 16.0. The average Bonchev–Trinajstić information content (AvgIpc) is 2.60. The lowest BCUT2D eigenvalue weighted by molar-refractivity contribution is -0.136. The summed E-state index contributed by atoms with van der Waals surface area (Å²) in [5.41, 5.74) is 0.535. The summed E-state index contributed by atoms with van der Waals surface area (Å²) < 4.78 is 11.6. The predicted molar refractivity (Wildman–Crippen MR) is 93.9 cm³/mol. The molecular weight excluding hydrogens is 370 g/mol. The number of esters is 1. The largest absolute Gasteiger partial charge is 0.482 e. The molecule has 0 spiro atoms. The molecule has 0 fully saturated rings. The Morgan fingerprint density at radius 1 is 0.958 bits per heavy atom. The Labute approximate surface area is 147 Å². The smallest absolute Gasteiger partial charge is 0.349 e. The molecule has 0 aromatic heterocycles. The van der Waals surface area contributed by atoms with Crippen LogP contribution in [0.25, 0.3) is 10.8 Å². The van der Waals surface area contributed by atoms with Gasteiger partial charge in [0, 0.05) is 4.47 Å². The molecule has 0 radical (unpaired) electrons. The zero-order valence-electron chi connectivity index (χ0n) is 12.5. The van der Waals surface area contributed by atoms with Crippen LogP contribution in [0.5, 0.6) is 11.5 Å². The van der Waals surface area contributed by atoms with Gasteiger partial charge >= 0.3 is 5.97 Å². The van der Waals surface area contributed by atoms with E-state index < -0.39 is 5.97 Å². The van der Waals surface area contributed by atoms with E-state index in [1.54, 1.807) is 36.4 Å². The molecule has 24 heavy (non-hydrogen) atoms. The number of hydrogen-bond acceptors (Lipinski definition) is 4. The van der Waals surface area contributed by atoms with E-state index in [9.17, 15) is 4.79 Å². The molecular formula is C19H12BrNO3. The number of rotatable bonds is 4. The summed E-state index contributed by atoms with van der Waals surface area (Å²) >= 11 is 3.42. The maximum absolute atomic E-state index is 11.9. The zero-order valence-corrected chi connectivity index (χ0v) is 14.1. The predicted octanol–water partition coefficient (Wildman–Crippen LogP) is 4.46. The number of carbonyl (C=O) groups excluding carboxylic acids is 1. The van der Waals surface area contributed by atoms with Crippen LogP contribution in [0.4, 0.5) is 0 Å². The lowest BCUT2D eigenvalue weighted by atomic mass is 10.1. The highest BCUT2D eigenvalue weighted by Gasteiger charge is 2.07. The molecule has 0 heterocycles. The van der Waals surface area contributed by atoms with Gasteiger partial charge in [-0.25, -0.2) is 4.79 Å². The summed E-state index contributed by atoms with van der Waals surface area (Å²) in [4.78, 5) is 11.9. The molecule has 3 aromatic rings. The first-order valence-corrected chi connectivity index (χ1v) is 7.96. The van der Waals surface area contributed by atoms with E-state index in [-0.39, 0.29) is 6.61 Å². The summed E-state index contributed by atoms with van der Waals surface area (Å²) in [6.07, 6.45) is 0. The first-order chi connectivity index (χ1) is 11.6. The number of nitriles is 1. The first-order valence-electron chi connectivity index (χ1n) is 7.17. The highest BCUT2D eigenvalue weighted by Crippen LogP contribution is 2.24. The number of hydrogen-bond donors (Lipinski definition) is 0. The van der Waals surface area contributed by atoms with Crippen molar-refractivity contribution in [3.8, 4) is 17.6 Å². The standard InChI is InChI=1S/C19H12BrNO3/c20-16-5-3-15-10-18(8-4-14(15)9-16)24-19(22)12-23-17-6-1-13(11-21)2-7-17/h1-10H,12H2. The molecule has 118 valence electrons. The van der Waals surface area contributed by atoms with Gasteiger partial charge in [0.1, 0.15) is 11.5 Å². The Hall–Kier alpha value is -2.84. The van der Waals surface area contributed by atoms with E-state index in [4.69, 9.17) is 14.7 Å². The Bertz CT molecular complexity index is 929. The van der Waals surface area contributed by atoms with Crippen LogP contribution in [0.2, 0.25) is 0 Å². The summed E-state index contributed by atoms with van der Waals surface area (Å²) in [5, 5.41) is 10.8. The number of ether oxygens (including phenoxy) is 2. The van der Waals surface area contributed by atoms with E-state index in [0.717, 1.165) is 15.2 Å². The SMILES string of the molecule is N#Cc1ccc(OCC(=O)Oc2ccc3cc(Br)ccc3c2)cc1. The van der Waals surface area contributed by atoms with Gasteiger partial charge in [0.25, 0.3) is 0 Å². The van der Waals surface area contributed by atoms with Gasteiger partial charge in [-0.2, -0.15) is 5.26 Å². The van der Waals surface area contributed by atoms with Crippen LogP contribution in [-0.4, -0.2) is 12.6 Å². The van der Waals surface area contributed by atoms with Crippen molar-refractivity contribution in [3.63, 3.8) is 0 Å². The molecule has 0 aliphatic heterocycles. The van der Waals surface area contributed by atoms with Gasteiger partial charge in [-0.3, -0.25) is 0 Å². The normalized spacial score (nSPS) is 10.2. The van der Waals surface area contributed by atoms with E-state index in [0.29, 0.717) is 17.1 Å². The Kier molecular flexibility index (Phi) is 4.78. The second-order valence-electron chi connectivity index (χ2n) is 5.05. The maximum Gasteiger partial charge on any atom is 0.349 e. The zero-order chi connectivity index (χ0) is 16.9. The third-order valence-electron chi connectivity index (χ3n) is 3.35. The minimum atomic E-state index is -0.490. The summed E-state index contributed by atoms with van der Waals surface area (Å²) in [7, 11) is 0. The number of carbonyl (C=O) groups is 1. The highest BCUT2D eigenvalue weighted by atomic mass is 79.9. The van der Waals surface area contributed by atoms with Crippen molar-refractivity contribution in [2.45, 2.75) is 0 Å². The molecule has 0 N–H and O–H groups in total. The fourth-order valence-electron chi connectivity index (χ4n) is 2.19. The van der Waals surface area contributed by atoms with Crippen LogP contribution in [0.1, 0.15) is 5.56 Å². The van der Waals surface area contributed by atoms with Crippen molar-refractivity contribution in [2.24, 2.45) is 0 Å². The minimum absolute atomic E-state index is 0.204. The van der Waals surface area contributed by atoms with Crippen molar-refractivity contribution in [1.82, 2.24) is 0 Å². The van der Waals surface area contributed by atoms with E-state index in [1.165, 1.54) is 0 Å². The molecule has 3 aromatic carbocycles. The lowest BCUT2D eigenvalue weighted by Crippen LogP contribution is -2.17. The maximum atomic E-state index is 11.9. The van der Waals surface area contributed by atoms with Crippen LogP contribution in [0.3, 0.4) is 0 Å². The van der Waals surface area contributed by atoms with Gasteiger partial charge in [-0.15, -0.1) is 0 Å². The van der Waals surface area contributed by atoms with E-state index in [1.807, 2.05) is 30.3 Å². The number of halogens is 1. The number of nitrogens with zero attached hydrogens (tertiary/aromatic N) is 1. The quantitative estimate of drug-likeness (QED) is 0.494. The second kappa shape index (κ2) is 7.16. The second-order valence-corrected chi connectivity index (χ2v) is 5.97. The van der Waals surface area contributed by atoms with Gasteiger partial charge in [-0.1, -0.05) is 28.1 Å². The van der Waals surface area contributed by atoms with Gasteiger partial charge in [-0.05, 0) is 59.3 Å². The molecule has 0 aliphatic rings. The monoisotopic (exact) mass is 381 g/mol. The van der Waals surface area contributed by atoms with Crippen molar-refractivity contribution in [3.05, 3.63) is 70.7 Å². The van der Waals surface area contributed by atoms with Crippen LogP contribution < -0.4 is 9.47 Å². The van der Waals surface area contributed by atoms with E-state index >= 15 is 0 Å². The molecule has 0 atom stereocenters. The summed E-state index contributed by atoms with van der Waals surface area (Å²) in [5.74, 6) is 0.489. The molecule has 5 heteroatoms. The lowest BCUT2D eigenvalue weighted by Gasteiger charge is -2.08. The van der Waals surface area contributed by atoms with Crippen molar-refractivity contribution in [2.75, 3.05) is 6.61 Å². The fraction of sp³-hybridized carbons (Fsp3) is 0.0526. The van der Waals surface area contributed by atoms with Crippen LogP contribution in [-0.2, 0) is 4.79 Å². The van der Waals surface area contributed by atoms with Gasteiger partial charge in [0.05, 0.1) is 11.6 Å². The van der Waals surface area contributed by atoms with E-state index in [2.05, 4.69) is 15.9 Å². The third kappa shape index (κ3) is 3.92. The molecule has 0 bridgehead atoms. The van der Waals surface area contributed by atoms with Gasteiger partial charge < -0.3 is 9.47 Å².